The standard InChI is InChI=1S/C14H20N2O2/c1-2-18-14(17)12-8-11-9-3-4-10(7-9)13(11)16(12)6-5-15/h8-10H,2-7,15H2,1H3. The summed E-state index contributed by atoms with van der Waals surface area (Å²) in [5.41, 5.74) is 9.12. The Hall–Kier alpha value is -1.29. The zero-order chi connectivity index (χ0) is 12.7. The monoisotopic (exact) mass is 248 g/mol. The maximum Gasteiger partial charge on any atom is 0.354 e. The Morgan fingerprint density at radius 3 is 3.00 bits per heavy atom. The number of hydrogen-bond acceptors (Lipinski definition) is 3. The summed E-state index contributed by atoms with van der Waals surface area (Å²) in [5.74, 6) is 1.09. The molecule has 2 atom stereocenters. The summed E-state index contributed by atoms with van der Waals surface area (Å²) in [5, 5.41) is 0. The summed E-state index contributed by atoms with van der Waals surface area (Å²) >= 11 is 0. The van der Waals surface area contributed by atoms with Crippen LogP contribution in [0.1, 0.15) is 59.8 Å². The highest BCUT2D eigenvalue weighted by molar-refractivity contribution is 5.88. The molecule has 0 spiro atoms. The van der Waals surface area contributed by atoms with Crippen molar-refractivity contribution in [3.8, 4) is 0 Å². The molecule has 1 fully saturated rings. The smallest absolute Gasteiger partial charge is 0.354 e. The Balaban J connectivity index is 2.02. The van der Waals surface area contributed by atoms with E-state index in [1.807, 2.05) is 13.0 Å². The van der Waals surface area contributed by atoms with Crippen molar-refractivity contribution < 1.29 is 9.53 Å². The molecule has 2 N–H and O–H groups in total. The van der Waals surface area contributed by atoms with Gasteiger partial charge in [-0.05, 0) is 43.7 Å². The van der Waals surface area contributed by atoms with E-state index in [1.54, 1.807) is 0 Å². The summed E-state index contributed by atoms with van der Waals surface area (Å²) in [6.07, 6.45) is 3.79. The SMILES string of the molecule is CCOC(=O)c1cc2c(n1CCN)C1CCC2C1. The summed E-state index contributed by atoms with van der Waals surface area (Å²) in [4.78, 5) is 12.0. The first kappa shape index (κ1) is 11.8. The van der Waals surface area contributed by atoms with E-state index in [0.717, 1.165) is 0 Å². The van der Waals surface area contributed by atoms with Crippen LogP contribution in [-0.4, -0.2) is 23.7 Å². The van der Waals surface area contributed by atoms with E-state index < -0.39 is 0 Å². The highest BCUT2D eigenvalue weighted by atomic mass is 16.5. The highest BCUT2D eigenvalue weighted by Gasteiger charge is 2.41. The maximum absolute atomic E-state index is 12.0. The minimum Gasteiger partial charge on any atom is -0.461 e. The first-order chi connectivity index (χ1) is 8.76. The number of ether oxygens (including phenoxy) is 1. The lowest BCUT2D eigenvalue weighted by Gasteiger charge is -2.16. The second-order valence-electron chi connectivity index (χ2n) is 5.24. The number of fused-ring (bicyclic) bond motifs is 5. The third-order valence-electron chi connectivity index (χ3n) is 4.27. The summed E-state index contributed by atoms with van der Waals surface area (Å²) < 4.78 is 7.25. The number of rotatable bonds is 4. The molecule has 1 aromatic heterocycles. The van der Waals surface area contributed by atoms with Crippen LogP contribution in [0.3, 0.4) is 0 Å². The van der Waals surface area contributed by atoms with Gasteiger partial charge in [-0.3, -0.25) is 0 Å². The zero-order valence-corrected chi connectivity index (χ0v) is 10.8. The molecule has 18 heavy (non-hydrogen) atoms. The highest BCUT2D eigenvalue weighted by Crippen LogP contribution is 2.54. The van der Waals surface area contributed by atoms with Crippen molar-refractivity contribution in [3.05, 3.63) is 23.0 Å². The van der Waals surface area contributed by atoms with Gasteiger partial charge in [-0.25, -0.2) is 4.79 Å². The fourth-order valence-electron chi connectivity index (χ4n) is 3.62. The molecule has 2 aliphatic rings. The van der Waals surface area contributed by atoms with Crippen molar-refractivity contribution >= 4 is 5.97 Å². The predicted molar refractivity (Wildman–Crippen MR) is 68.8 cm³/mol. The van der Waals surface area contributed by atoms with Crippen molar-refractivity contribution in [2.75, 3.05) is 13.2 Å². The minimum absolute atomic E-state index is 0.209. The van der Waals surface area contributed by atoms with Crippen LogP contribution < -0.4 is 5.73 Å². The van der Waals surface area contributed by atoms with Gasteiger partial charge in [0.25, 0.3) is 0 Å². The van der Waals surface area contributed by atoms with Crippen LogP contribution in [0.4, 0.5) is 0 Å². The third-order valence-corrected chi connectivity index (χ3v) is 4.27. The molecule has 1 saturated carbocycles. The number of aromatic nitrogens is 1. The van der Waals surface area contributed by atoms with E-state index in [0.29, 0.717) is 37.2 Å². The third kappa shape index (κ3) is 1.59. The van der Waals surface area contributed by atoms with E-state index >= 15 is 0 Å². The second kappa shape index (κ2) is 4.43. The quantitative estimate of drug-likeness (QED) is 0.829. The van der Waals surface area contributed by atoms with E-state index in [-0.39, 0.29) is 5.97 Å². The molecule has 1 heterocycles. The minimum atomic E-state index is -0.209. The molecule has 0 amide bonds. The molecule has 2 aliphatic carbocycles. The first-order valence-corrected chi connectivity index (χ1v) is 6.86. The van der Waals surface area contributed by atoms with Crippen molar-refractivity contribution in [1.29, 1.82) is 0 Å². The van der Waals surface area contributed by atoms with Gasteiger partial charge in [0.15, 0.2) is 0 Å². The summed E-state index contributed by atoms with van der Waals surface area (Å²) in [6, 6.07) is 2.05. The molecule has 2 bridgehead atoms. The van der Waals surface area contributed by atoms with Gasteiger partial charge in [0.1, 0.15) is 5.69 Å². The van der Waals surface area contributed by atoms with Crippen molar-refractivity contribution in [1.82, 2.24) is 4.57 Å². The Bertz CT molecular complexity index is 478. The summed E-state index contributed by atoms with van der Waals surface area (Å²) in [7, 11) is 0. The van der Waals surface area contributed by atoms with Crippen molar-refractivity contribution in [2.24, 2.45) is 5.73 Å². The van der Waals surface area contributed by atoms with Crippen LogP contribution in [0.15, 0.2) is 6.07 Å². The lowest BCUT2D eigenvalue weighted by atomic mass is 9.98. The van der Waals surface area contributed by atoms with Crippen LogP contribution >= 0.6 is 0 Å². The van der Waals surface area contributed by atoms with Crippen LogP contribution in [0.5, 0.6) is 0 Å². The average molecular weight is 248 g/mol. The largest absolute Gasteiger partial charge is 0.461 e. The average Bonchev–Trinajstić information content (AvgIpc) is 3.01. The molecule has 4 heteroatoms. The lowest BCUT2D eigenvalue weighted by Crippen LogP contribution is -2.19. The van der Waals surface area contributed by atoms with Gasteiger partial charge < -0.3 is 15.0 Å². The predicted octanol–water partition coefficient (Wildman–Crippen LogP) is 1.99. The molecule has 3 rings (SSSR count). The van der Waals surface area contributed by atoms with Gasteiger partial charge in [0.2, 0.25) is 0 Å². The van der Waals surface area contributed by atoms with Crippen LogP contribution in [0.2, 0.25) is 0 Å². The van der Waals surface area contributed by atoms with Crippen LogP contribution in [0.25, 0.3) is 0 Å². The topological polar surface area (TPSA) is 57.2 Å². The fourth-order valence-corrected chi connectivity index (χ4v) is 3.62. The van der Waals surface area contributed by atoms with Gasteiger partial charge in [0, 0.05) is 24.7 Å². The molecule has 0 aromatic carbocycles. The second-order valence-corrected chi connectivity index (χ2v) is 5.24. The first-order valence-electron chi connectivity index (χ1n) is 6.86. The normalized spacial score (nSPS) is 24.3. The number of hydrogen-bond donors (Lipinski definition) is 1. The number of esters is 1. The lowest BCUT2D eigenvalue weighted by molar-refractivity contribution is 0.0513. The van der Waals surface area contributed by atoms with E-state index in [2.05, 4.69) is 4.57 Å². The molecular weight excluding hydrogens is 228 g/mol. The molecule has 1 aromatic rings. The van der Waals surface area contributed by atoms with Gasteiger partial charge in [0.05, 0.1) is 6.61 Å². The Kier molecular flexibility index (Phi) is 2.90. The molecule has 0 aliphatic heterocycles. The molecular formula is C14H20N2O2. The van der Waals surface area contributed by atoms with Gasteiger partial charge in [-0.2, -0.15) is 0 Å². The van der Waals surface area contributed by atoms with Gasteiger partial charge in [-0.15, -0.1) is 0 Å². The number of carbonyl (C=O) groups excluding carboxylic acids is 1. The molecule has 4 nitrogen and oxygen atoms in total. The Morgan fingerprint density at radius 1 is 1.50 bits per heavy atom. The van der Waals surface area contributed by atoms with Crippen LogP contribution in [0, 0.1) is 0 Å². The van der Waals surface area contributed by atoms with Gasteiger partial charge in [-0.1, -0.05) is 0 Å². The molecule has 98 valence electrons. The number of nitrogens with zero attached hydrogens (tertiary/aromatic N) is 1. The zero-order valence-electron chi connectivity index (χ0n) is 10.8. The molecule has 0 radical (unpaired) electrons. The van der Waals surface area contributed by atoms with Gasteiger partial charge >= 0.3 is 5.97 Å². The Morgan fingerprint density at radius 2 is 2.28 bits per heavy atom. The van der Waals surface area contributed by atoms with Crippen molar-refractivity contribution in [2.45, 2.75) is 44.6 Å². The maximum atomic E-state index is 12.0. The van der Waals surface area contributed by atoms with E-state index in [4.69, 9.17) is 10.5 Å². The number of carbonyl (C=O) groups is 1. The fraction of sp³-hybridized carbons (Fsp3) is 0.643. The van der Waals surface area contributed by atoms with Crippen LogP contribution in [-0.2, 0) is 11.3 Å². The van der Waals surface area contributed by atoms with E-state index in [1.165, 1.54) is 30.5 Å². The van der Waals surface area contributed by atoms with Crippen molar-refractivity contribution in [3.63, 3.8) is 0 Å². The Labute approximate surface area is 107 Å². The molecule has 0 saturated heterocycles. The number of nitrogens with two attached hydrogens (primary N) is 1. The molecule has 2 unspecified atom stereocenters. The summed E-state index contributed by atoms with van der Waals surface area (Å²) in [6.45, 7) is 3.53. The van der Waals surface area contributed by atoms with E-state index in [9.17, 15) is 4.79 Å².